The van der Waals surface area contributed by atoms with Crippen molar-refractivity contribution in [3.05, 3.63) is 59.9 Å². The van der Waals surface area contributed by atoms with E-state index in [4.69, 9.17) is 14.0 Å². The minimum atomic E-state index is -0.282. The molecule has 0 unspecified atom stereocenters. The molecule has 2 aromatic heterocycles. The monoisotopic (exact) mass is 353 g/mol. The molecule has 0 aliphatic heterocycles. The Labute approximate surface area is 150 Å². The Morgan fingerprint density at radius 1 is 1.23 bits per heavy atom. The van der Waals surface area contributed by atoms with Gasteiger partial charge in [0, 0.05) is 17.8 Å². The van der Waals surface area contributed by atoms with Crippen LogP contribution >= 0.6 is 0 Å². The fourth-order valence-corrected chi connectivity index (χ4v) is 2.37. The van der Waals surface area contributed by atoms with Crippen molar-refractivity contribution in [1.29, 1.82) is 0 Å². The number of pyridine rings is 1. The summed E-state index contributed by atoms with van der Waals surface area (Å²) < 4.78 is 15.9. The smallest absolute Gasteiger partial charge is 0.257 e. The molecule has 0 fully saturated rings. The largest absolute Gasteiger partial charge is 0.497 e. The van der Waals surface area contributed by atoms with E-state index in [1.54, 1.807) is 31.5 Å². The SMILES string of the molecule is CCOc1ncccc1C(=O)NCc1cc(-c2ccc(OC)cc2)on1. The topological polar surface area (TPSA) is 86.5 Å². The van der Waals surface area contributed by atoms with Gasteiger partial charge in [0.1, 0.15) is 17.0 Å². The Bertz CT molecular complexity index is 875. The Morgan fingerprint density at radius 3 is 2.77 bits per heavy atom. The van der Waals surface area contributed by atoms with E-state index < -0.39 is 0 Å². The average molecular weight is 353 g/mol. The molecule has 3 rings (SSSR count). The van der Waals surface area contributed by atoms with E-state index in [0.29, 0.717) is 29.5 Å². The predicted octanol–water partition coefficient (Wildman–Crippen LogP) is 3.07. The number of methoxy groups -OCH3 is 1. The Balaban J connectivity index is 1.65. The second-order valence-corrected chi connectivity index (χ2v) is 5.38. The predicted molar refractivity (Wildman–Crippen MR) is 95.1 cm³/mol. The van der Waals surface area contributed by atoms with Gasteiger partial charge in [0.15, 0.2) is 5.76 Å². The third kappa shape index (κ3) is 4.00. The molecule has 1 aromatic carbocycles. The highest BCUT2D eigenvalue weighted by Gasteiger charge is 2.14. The second kappa shape index (κ2) is 8.15. The second-order valence-electron chi connectivity index (χ2n) is 5.38. The van der Waals surface area contributed by atoms with Gasteiger partial charge in [-0.25, -0.2) is 4.98 Å². The van der Waals surface area contributed by atoms with Gasteiger partial charge >= 0.3 is 0 Å². The van der Waals surface area contributed by atoms with Crippen molar-refractivity contribution in [2.45, 2.75) is 13.5 Å². The first kappa shape index (κ1) is 17.5. The zero-order valence-corrected chi connectivity index (χ0v) is 14.6. The number of nitrogens with one attached hydrogen (secondary N) is 1. The van der Waals surface area contributed by atoms with Crippen LogP contribution in [0.2, 0.25) is 0 Å². The molecule has 0 bridgehead atoms. The maximum absolute atomic E-state index is 12.4. The van der Waals surface area contributed by atoms with Gasteiger partial charge in [-0.2, -0.15) is 0 Å². The number of hydrogen-bond donors (Lipinski definition) is 1. The summed E-state index contributed by atoms with van der Waals surface area (Å²) in [5.74, 6) is 1.41. The fourth-order valence-electron chi connectivity index (χ4n) is 2.37. The lowest BCUT2D eigenvalue weighted by Gasteiger charge is -2.08. The average Bonchev–Trinajstić information content (AvgIpc) is 3.16. The standard InChI is InChI=1S/C19H19N3O4/c1-3-25-19-16(5-4-10-20-19)18(23)21-12-14-11-17(26-22-14)13-6-8-15(24-2)9-7-13/h4-11H,3,12H2,1-2H3,(H,21,23). The number of carbonyl (C=O) groups excluding carboxylic acids is 1. The summed E-state index contributed by atoms with van der Waals surface area (Å²) in [7, 11) is 1.61. The minimum Gasteiger partial charge on any atom is -0.497 e. The summed E-state index contributed by atoms with van der Waals surface area (Å²) in [5, 5.41) is 6.79. The first-order valence-electron chi connectivity index (χ1n) is 8.17. The van der Waals surface area contributed by atoms with Crippen LogP contribution in [-0.4, -0.2) is 29.8 Å². The summed E-state index contributed by atoms with van der Waals surface area (Å²) in [4.78, 5) is 16.4. The van der Waals surface area contributed by atoms with Crippen molar-refractivity contribution in [3.8, 4) is 23.0 Å². The fraction of sp³-hybridized carbons (Fsp3) is 0.211. The van der Waals surface area contributed by atoms with Crippen molar-refractivity contribution in [3.63, 3.8) is 0 Å². The summed E-state index contributed by atoms with van der Waals surface area (Å²) >= 11 is 0. The van der Waals surface area contributed by atoms with E-state index in [1.165, 1.54) is 0 Å². The third-order valence-corrected chi connectivity index (χ3v) is 3.66. The first-order chi connectivity index (χ1) is 12.7. The summed E-state index contributed by atoms with van der Waals surface area (Å²) in [5.41, 5.74) is 1.88. The zero-order valence-electron chi connectivity index (χ0n) is 14.6. The number of benzene rings is 1. The van der Waals surface area contributed by atoms with Crippen molar-refractivity contribution >= 4 is 5.91 Å². The lowest BCUT2D eigenvalue weighted by molar-refractivity contribution is 0.0945. The van der Waals surface area contributed by atoms with E-state index in [0.717, 1.165) is 11.3 Å². The summed E-state index contributed by atoms with van der Waals surface area (Å²) in [6, 6.07) is 12.6. The van der Waals surface area contributed by atoms with Crippen molar-refractivity contribution in [2.75, 3.05) is 13.7 Å². The van der Waals surface area contributed by atoms with Gasteiger partial charge in [-0.3, -0.25) is 4.79 Å². The van der Waals surface area contributed by atoms with E-state index in [2.05, 4.69) is 15.5 Å². The number of ether oxygens (including phenoxy) is 2. The van der Waals surface area contributed by atoms with E-state index in [-0.39, 0.29) is 12.5 Å². The molecular weight excluding hydrogens is 334 g/mol. The van der Waals surface area contributed by atoms with Crippen molar-refractivity contribution in [2.24, 2.45) is 0 Å². The van der Waals surface area contributed by atoms with Crippen LogP contribution in [0.1, 0.15) is 23.0 Å². The van der Waals surface area contributed by atoms with Gasteiger partial charge < -0.3 is 19.3 Å². The number of nitrogens with zero attached hydrogens (tertiary/aromatic N) is 2. The van der Waals surface area contributed by atoms with Crippen LogP contribution in [-0.2, 0) is 6.54 Å². The van der Waals surface area contributed by atoms with E-state index in [9.17, 15) is 4.79 Å². The maximum atomic E-state index is 12.4. The highest BCUT2D eigenvalue weighted by molar-refractivity contribution is 5.96. The van der Waals surface area contributed by atoms with Crippen LogP contribution in [0.4, 0.5) is 0 Å². The van der Waals surface area contributed by atoms with Gasteiger partial charge in [0.05, 0.1) is 20.3 Å². The molecule has 0 radical (unpaired) electrons. The lowest BCUT2D eigenvalue weighted by atomic mass is 10.1. The molecule has 1 N–H and O–H groups in total. The third-order valence-electron chi connectivity index (χ3n) is 3.66. The van der Waals surface area contributed by atoms with Crippen LogP contribution in [0.15, 0.2) is 53.2 Å². The normalized spacial score (nSPS) is 10.4. The highest BCUT2D eigenvalue weighted by atomic mass is 16.5. The molecule has 3 aromatic rings. The first-order valence-corrected chi connectivity index (χ1v) is 8.17. The van der Waals surface area contributed by atoms with Gasteiger partial charge in [-0.1, -0.05) is 5.16 Å². The van der Waals surface area contributed by atoms with Crippen molar-refractivity contribution < 1.29 is 18.8 Å². The van der Waals surface area contributed by atoms with Crippen LogP contribution in [0.5, 0.6) is 11.6 Å². The number of carbonyl (C=O) groups is 1. The molecule has 0 atom stereocenters. The maximum Gasteiger partial charge on any atom is 0.257 e. The molecule has 0 saturated carbocycles. The van der Waals surface area contributed by atoms with Gasteiger partial charge in [-0.15, -0.1) is 0 Å². The quantitative estimate of drug-likeness (QED) is 0.702. The molecule has 1 amide bonds. The molecular formula is C19H19N3O4. The molecule has 0 aliphatic rings. The summed E-state index contributed by atoms with van der Waals surface area (Å²) in [6.07, 6.45) is 1.58. The van der Waals surface area contributed by atoms with Gasteiger partial charge in [0.25, 0.3) is 5.91 Å². The van der Waals surface area contributed by atoms with E-state index >= 15 is 0 Å². The van der Waals surface area contributed by atoms with Crippen LogP contribution in [0.3, 0.4) is 0 Å². The van der Waals surface area contributed by atoms with Gasteiger partial charge in [-0.05, 0) is 43.3 Å². The number of aromatic nitrogens is 2. The number of amides is 1. The summed E-state index contributed by atoms with van der Waals surface area (Å²) in [6.45, 7) is 2.51. The van der Waals surface area contributed by atoms with Crippen molar-refractivity contribution in [1.82, 2.24) is 15.5 Å². The molecule has 0 aliphatic carbocycles. The number of hydrogen-bond acceptors (Lipinski definition) is 6. The molecule has 7 heteroatoms. The molecule has 2 heterocycles. The van der Waals surface area contributed by atoms with Crippen LogP contribution in [0.25, 0.3) is 11.3 Å². The molecule has 134 valence electrons. The molecule has 0 spiro atoms. The zero-order chi connectivity index (χ0) is 18.4. The number of rotatable bonds is 7. The Kier molecular flexibility index (Phi) is 5.48. The van der Waals surface area contributed by atoms with Crippen LogP contribution in [0, 0.1) is 0 Å². The Morgan fingerprint density at radius 2 is 2.04 bits per heavy atom. The van der Waals surface area contributed by atoms with Crippen LogP contribution < -0.4 is 14.8 Å². The molecule has 7 nitrogen and oxygen atoms in total. The van der Waals surface area contributed by atoms with E-state index in [1.807, 2.05) is 31.2 Å². The Hall–Kier alpha value is -3.35. The van der Waals surface area contributed by atoms with Gasteiger partial charge in [0.2, 0.25) is 5.88 Å². The molecule has 26 heavy (non-hydrogen) atoms. The lowest BCUT2D eigenvalue weighted by Crippen LogP contribution is -2.24. The highest BCUT2D eigenvalue weighted by Crippen LogP contribution is 2.23. The molecule has 0 saturated heterocycles. The minimum absolute atomic E-state index is 0.235.